The van der Waals surface area contributed by atoms with Crippen molar-refractivity contribution >= 4 is 34.8 Å². The van der Waals surface area contributed by atoms with E-state index in [4.69, 9.17) is 16.3 Å². The van der Waals surface area contributed by atoms with Gasteiger partial charge in [-0.2, -0.15) is 0 Å². The third kappa shape index (κ3) is 5.31. The molecule has 3 aliphatic rings. The number of hydrogen-bond donors (Lipinski definition) is 1. The first-order chi connectivity index (χ1) is 18.8. The number of nitrogens with one attached hydrogen (secondary N) is 1. The van der Waals surface area contributed by atoms with Crippen molar-refractivity contribution in [3.8, 4) is 5.75 Å². The second kappa shape index (κ2) is 10.2. The quantitative estimate of drug-likeness (QED) is 0.431. The molecule has 2 aliphatic carbocycles. The highest BCUT2D eigenvalue weighted by Crippen LogP contribution is 2.54. The predicted octanol–water partition coefficient (Wildman–Crippen LogP) is 6.81. The van der Waals surface area contributed by atoms with Gasteiger partial charge in [0.1, 0.15) is 11.6 Å². The van der Waals surface area contributed by atoms with Crippen molar-refractivity contribution in [3.05, 3.63) is 81.4 Å². The molecule has 0 saturated carbocycles. The van der Waals surface area contributed by atoms with E-state index < -0.39 is 17.6 Å². The lowest BCUT2D eigenvalue weighted by Gasteiger charge is -2.47. The summed E-state index contributed by atoms with van der Waals surface area (Å²) in [5.74, 6) is -1.21. The van der Waals surface area contributed by atoms with Crippen molar-refractivity contribution in [2.75, 3.05) is 19.0 Å². The number of para-hydroxylation sites is 1. The van der Waals surface area contributed by atoms with Crippen molar-refractivity contribution < 1.29 is 23.5 Å². The number of carbonyl (C=O) groups is 3. The molecule has 1 amide bonds. The molecule has 1 N–H and O–H groups in total. The molecular weight excluding hydrogens is 531 g/mol. The molecule has 0 unspecified atom stereocenters. The molecule has 0 radical (unpaired) electrons. The van der Waals surface area contributed by atoms with Crippen LogP contribution in [0.2, 0.25) is 5.02 Å². The smallest absolute Gasteiger partial charge is 0.262 e. The van der Waals surface area contributed by atoms with E-state index >= 15 is 0 Å². The molecule has 2 aromatic carbocycles. The molecule has 1 heterocycles. The molecule has 0 saturated heterocycles. The Morgan fingerprint density at radius 2 is 1.55 bits per heavy atom. The molecular formula is C32H34ClFN2O4. The van der Waals surface area contributed by atoms with Crippen LogP contribution in [0, 0.1) is 16.6 Å². The summed E-state index contributed by atoms with van der Waals surface area (Å²) < 4.78 is 19.5. The first-order valence-electron chi connectivity index (χ1n) is 13.5. The molecule has 0 bridgehead atoms. The number of anilines is 1. The second-order valence-corrected chi connectivity index (χ2v) is 13.0. The molecule has 5 rings (SSSR count). The van der Waals surface area contributed by atoms with Crippen LogP contribution in [0.5, 0.6) is 5.75 Å². The summed E-state index contributed by atoms with van der Waals surface area (Å²) in [6, 6.07) is 11.1. The summed E-state index contributed by atoms with van der Waals surface area (Å²) in [5, 5.41) is 2.73. The number of carbonyl (C=O) groups excluding carboxylic acids is 3. The summed E-state index contributed by atoms with van der Waals surface area (Å²) >= 11 is 6.63. The van der Waals surface area contributed by atoms with Gasteiger partial charge in [-0.3, -0.25) is 14.4 Å². The Morgan fingerprint density at radius 3 is 2.10 bits per heavy atom. The van der Waals surface area contributed by atoms with E-state index in [1.165, 1.54) is 18.2 Å². The maximum absolute atomic E-state index is 13.9. The predicted molar refractivity (Wildman–Crippen MR) is 153 cm³/mol. The van der Waals surface area contributed by atoms with Gasteiger partial charge >= 0.3 is 0 Å². The number of Topliss-reactive ketones (excluding diaryl/α,β-unsaturated/α-hetero) is 2. The Hall–Kier alpha value is -3.45. The summed E-state index contributed by atoms with van der Waals surface area (Å²) in [6.45, 7) is 8.03. The normalized spacial score (nSPS) is 20.3. The van der Waals surface area contributed by atoms with Crippen LogP contribution < -0.4 is 10.1 Å². The lowest BCUT2D eigenvalue weighted by Crippen LogP contribution is -2.43. The lowest BCUT2D eigenvalue weighted by molar-refractivity contribution is -0.120. The zero-order chi connectivity index (χ0) is 29.0. The molecule has 2 aromatic rings. The zero-order valence-electron chi connectivity index (χ0n) is 23.5. The van der Waals surface area contributed by atoms with Gasteiger partial charge in [0.2, 0.25) is 0 Å². The Balaban J connectivity index is 1.47. The van der Waals surface area contributed by atoms with Crippen molar-refractivity contribution in [2.24, 2.45) is 10.8 Å². The van der Waals surface area contributed by atoms with E-state index in [0.717, 1.165) is 29.8 Å². The van der Waals surface area contributed by atoms with Crippen LogP contribution in [0.4, 0.5) is 10.1 Å². The number of rotatable bonds is 5. The van der Waals surface area contributed by atoms with E-state index in [0.29, 0.717) is 24.0 Å². The molecule has 6 nitrogen and oxygen atoms in total. The van der Waals surface area contributed by atoms with E-state index in [1.54, 1.807) is 24.3 Å². The largest absolute Gasteiger partial charge is 0.482 e. The Kier molecular flexibility index (Phi) is 7.15. The van der Waals surface area contributed by atoms with Gasteiger partial charge in [-0.1, -0.05) is 57.5 Å². The highest BCUT2D eigenvalue weighted by atomic mass is 35.5. The van der Waals surface area contributed by atoms with Crippen molar-refractivity contribution in [1.29, 1.82) is 0 Å². The SMILES string of the molecule is CN1C2=C(C(=O)CC(C)(C)C2)C(c2ccc(OCC(=O)Nc3ccccc3F)c(Cl)c2)C2=C1CC(C)(C)CC2=O. The molecule has 1 aliphatic heterocycles. The van der Waals surface area contributed by atoms with Crippen LogP contribution >= 0.6 is 11.6 Å². The first kappa shape index (κ1) is 28.1. The maximum atomic E-state index is 13.9. The minimum Gasteiger partial charge on any atom is -0.482 e. The van der Waals surface area contributed by atoms with Crippen molar-refractivity contribution in [2.45, 2.75) is 59.3 Å². The fourth-order valence-corrected chi connectivity index (χ4v) is 6.45. The van der Waals surface area contributed by atoms with Crippen LogP contribution in [-0.4, -0.2) is 36.0 Å². The number of ketones is 2. The molecule has 0 atom stereocenters. The number of nitrogens with zero attached hydrogens (tertiary/aromatic N) is 1. The molecule has 0 aromatic heterocycles. The van der Waals surface area contributed by atoms with Crippen molar-refractivity contribution in [3.63, 3.8) is 0 Å². The molecule has 0 spiro atoms. The van der Waals surface area contributed by atoms with Gasteiger partial charge in [-0.05, 0) is 53.5 Å². The van der Waals surface area contributed by atoms with E-state index in [2.05, 4.69) is 37.9 Å². The number of amides is 1. The Labute approximate surface area is 239 Å². The Bertz CT molecular complexity index is 1440. The highest BCUT2D eigenvalue weighted by Gasteiger charge is 2.48. The van der Waals surface area contributed by atoms with Crippen LogP contribution in [0.25, 0.3) is 0 Å². The average Bonchev–Trinajstić information content (AvgIpc) is 2.85. The number of ether oxygens (including phenoxy) is 1. The van der Waals surface area contributed by atoms with Gasteiger partial charge in [-0.25, -0.2) is 4.39 Å². The molecule has 8 heteroatoms. The minimum absolute atomic E-state index is 0.0496. The average molecular weight is 565 g/mol. The van der Waals surface area contributed by atoms with E-state index in [-0.39, 0.29) is 45.5 Å². The summed E-state index contributed by atoms with van der Waals surface area (Å²) in [5.41, 5.74) is 3.72. The van der Waals surface area contributed by atoms with Gasteiger partial charge in [0.25, 0.3) is 5.91 Å². The number of allylic oxidation sites excluding steroid dienone is 4. The van der Waals surface area contributed by atoms with Gasteiger partial charge < -0.3 is 15.0 Å². The summed E-state index contributed by atoms with van der Waals surface area (Å²) in [6.07, 6.45) is 2.28. The highest BCUT2D eigenvalue weighted by molar-refractivity contribution is 6.32. The zero-order valence-corrected chi connectivity index (χ0v) is 24.2. The molecule has 210 valence electrons. The van der Waals surface area contributed by atoms with E-state index in [9.17, 15) is 18.8 Å². The Morgan fingerprint density at radius 1 is 0.975 bits per heavy atom. The summed E-state index contributed by atoms with van der Waals surface area (Å²) in [4.78, 5) is 41.7. The van der Waals surface area contributed by atoms with Gasteiger partial charge in [0, 0.05) is 48.3 Å². The number of halogens is 2. The van der Waals surface area contributed by atoms with E-state index in [1.807, 2.05) is 7.05 Å². The van der Waals surface area contributed by atoms with Gasteiger partial charge in [-0.15, -0.1) is 0 Å². The first-order valence-corrected chi connectivity index (χ1v) is 13.9. The summed E-state index contributed by atoms with van der Waals surface area (Å²) in [7, 11) is 1.97. The van der Waals surface area contributed by atoms with Crippen LogP contribution in [-0.2, 0) is 14.4 Å². The van der Waals surface area contributed by atoms with Gasteiger partial charge in [0.15, 0.2) is 18.2 Å². The second-order valence-electron chi connectivity index (χ2n) is 12.6. The lowest BCUT2D eigenvalue weighted by atomic mass is 9.64. The van der Waals surface area contributed by atoms with Crippen LogP contribution in [0.15, 0.2) is 65.0 Å². The van der Waals surface area contributed by atoms with Crippen molar-refractivity contribution in [1.82, 2.24) is 4.90 Å². The fraction of sp³-hybridized carbons (Fsp3) is 0.406. The minimum atomic E-state index is -0.542. The monoisotopic (exact) mass is 564 g/mol. The molecule has 40 heavy (non-hydrogen) atoms. The third-order valence-corrected chi connectivity index (χ3v) is 8.27. The number of hydrogen-bond acceptors (Lipinski definition) is 5. The standard InChI is InChI=1S/C32H34ClFN2O4/c1-31(2)13-22-29(24(37)15-31)28(30-23(36(22)5)14-32(3,4)16-25(30)38)18-10-11-26(19(33)12-18)40-17-27(39)35-21-9-7-6-8-20(21)34/h6-12,28H,13-17H2,1-5H3,(H,35,39). The van der Waals surface area contributed by atoms with Crippen LogP contribution in [0.3, 0.4) is 0 Å². The number of benzene rings is 2. The fourth-order valence-electron chi connectivity index (χ4n) is 6.20. The van der Waals surface area contributed by atoms with Crippen LogP contribution in [0.1, 0.15) is 64.9 Å². The topological polar surface area (TPSA) is 75.7 Å². The van der Waals surface area contributed by atoms with Gasteiger partial charge in [0.05, 0.1) is 10.7 Å². The maximum Gasteiger partial charge on any atom is 0.262 e. The third-order valence-electron chi connectivity index (χ3n) is 7.98. The molecule has 0 fully saturated rings.